The van der Waals surface area contributed by atoms with E-state index in [0.717, 1.165) is 11.1 Å². The van der Waals surface area contributed by atoms with Crippen molar-refractivity contribution in [1.29, 1.82) is 0 Å². The summed E-state index contributed by atoms with van der Waals surface area (Å²) < 4.78 is 0. The van der Waals surface area contributed by atoms with Gasteiger partial charge in [-0.1, -0.05) is 36.4 Å². The average Bonchev–Trinajstić information content (AvgIpc) is 2.68. The molecule has 1 saturated heterocycles. The van der Waals surface area contributed by atoms with E-state index in [0.29, 0.717) is 5.11 Å². The molecule has 0 radical (unpaired) electrons. The average molecular weight is 244 g/mol. The van der Waals surface area contributed by atoms with E-state index in [4.69, 9.17) is 18.0 Å². The van der Waals surface area contributed by atoms with Crippen molar-refractivity contribution in [2.45, 2.75) is 6.29 Å². The van der Waals surface area contributed by atoms with Crippen LogP contribution in [0.4, 0.5) is 5.69 Å². The van der Waals surface area contributed by atoms with Crippen LogP contribution in [0.3, 0.4) is 0 Å². The highest BCUT2D eigenvalue weighted by Gasteiger charge is 2.24. The molecule has 4 N–H and O–H groups in total. The molecule has 1 fully saturated rings. The van der Waals surface area contributed by atoms with Crippen LogP contribution in [-0.2, 0) is 0 Å². The number of hydrazine groups is 1. The molecule has 17 heavy (non-hydrogen) atoms. The van der Waals surface area contributed by atoms with Crippen molar-refractivity contribution in [2.75, 3.05) is 5.01 Å². The largest absolute Gasteiger partial charge is 0.328 e. The van der Waals surface area contributed by atoms with Gasteiger partial charge in [-0.05, 0) is 23.7 Å². The molecule has 86 valence electrons. The number of hydrogen-bond acceptors (Lipinski definition) is 3. The summed E-state index contributed by atoms with van der Waals surface area (Å²) in [6.45, 7) is 0. The Morgan fingerprint density at radius 2 is 1.88 bits per heavy atom. The third kappa shape index (κ3) is 1.69. The van der Waals surface area contributed by atoms with Crippen LogP contribution >= 0.6 is 12.2 Å². The first kappa shape index (κ1) is 10.3. The van der Waals surface area contributed by atoms with Gasteiger partial charge in [0.05, 0.1) is 5.69 Å². The Morgan fingerprint density at radius 3 is 2.65 bits per heavy atom. The molecular weight excluding hydrogens is 232 g/mol. The first-order valence-corrected chi connectivity index (χ1v) is 5.76. The zero-order valence-electron chi connectivity index (χ0n) is 9.05. The summed E-state index contributed by atoms with van der Waals surface area (Å²) in [6, 6.07) is 14.3. The van der Waals surface area contributed by atoms with Crippen LogP contribution in [0.2, 0.25) is 0 Å². The van der Waals surface area contributed by atoms with E-state index in [1.165, 1.54) is 5.39 Å². The molecular formula is C12H12N4S. The fraction of sp³-hybridized carbons (Fsp3) is 0.0833. The highest BCUT2D eigenvalue weighted by atomic mass is 32.1. The number of anilines is 1. The molecule has 2 aromatic rings. The molecule has 1 atom stereocenters. The third-order valence-electron chi connectivity index (χ3n) is 2.81. The number of benzene rings is 2. The van der Waals surface area contributed by atoms with E-state index in [2.05, 4.69) is 28.9 Å². The van der Waals surface area contributed by atoms with Crippen LogP contribution in [0.5, 0.6) is 0 Å². The van der Waals surface area contributed by atoms with Crippen molar-refractivity contribution in [2.24, 2.45) is 5.73 Å². The van der Waals surface area contributed by atoms with E-state index in [9.17, 15) is 0 Å². The quantitative estimate of drug-likeness (QED) is 0.660. The Labute approximate surface area is 104 Å². The number of thiocarbonyl (C=S) groups is 1. The van der Waals surface area contributed by atoms with Gasteiger partial charge in [0.2, 0.25) is 0 Å². The molecule has 1 aliphatic heterocycles. The van der Waals surface area contributed by atoms with Gasteiger partial charge >= 0.3 is 0 Å². The summed E-state index contributed by atoms with van der Waals surface area (Å²) in [5, 5.41) is 7.66. The van der Waals surface area contributed by atoms with Crippen LogP contribution in [0.25, 0.3) is 10.8 Å². The van der Waals surface area contributed by atoms with Crippen molar-refractivity contribution >= 4 is 33.8 Å². The number of nitrogens with two attached hydrogens (primary N) is 1. The molecule has 1 heterocycles. The summed E-state index contributed by atoms with van der Waals surface area (Å²) in [5.41, 5.74) is 10.0. The predicted molar refractivity (Wildman–Crippen MR) is 73.3 cm³/mol. The molecule has 4 nitrogen and oxygen atoms in total. The Bertz CT molecular complexity index is 578. The highest BCUT2D eigenvalue weighted by molar-refractivity contribution is 7.80. The molecule has 0 saturated carbocycles. The molecule has 3 rings (SSSR count). The number of nitrogens with zero attached hydrogens (tertiary/aromatic N) is 1. The SMILES string of the molecule is NC1NC(=S)NN1c1cccc2ccccc12. The fourth-order valence-electron chi connectivity index (χ4n) is 2.04. The number of hydrogen-bond donors (Lipinski definition) is 3. The summed E-state index contributed by atoms with van der Waals surface area (Å²) in [5.74, 6) is 0. The minimum absolute atomic E-state index is 0.340. The van der Waals surface area contributed by atoms with Gasteiger partial charge in [0.15, 0.2) is 11.4 Å². The van der Waals surface area contributed by atoms with Crippen LogP contribution in [0.1, 0.15) is 0 Å². The van der Waals surface area contributed by atoms with E-state index >= 15 is 0 Å². The molecule has 2 aromatic carbocycles. The maximum Gasteiger partial charge on any atom is 0.188 e. The van der Waals surface area contributed by atoms with Crippen LogP contribution in [0.15, 0.2) is 42.5 Å². The van der Waals surface area contributed by atoms with Gasteiger partial charge in [-0.25, -0.2) is 5.01 Å². The minimum Gasteiger partial charge on any atom is -0.328 e. The van der Waals surface area contributed by atoms with Crippen molar-refractivity contribution in [3.63, 3.8) is 0 Å². The minimum atomic E-state index is -0.340. The second-order valence-electron chi connectivity index (χ2n) is 3.90. The Hall–Kier alpha value is -1.85. The fourth-order valence-corrected chi connectivity index (χ4v) is 2.26. The van der Waals surface area contributed by atoms with Crippen molar-refractivity contribution in [3.05, 3.63) is 42.5 Å². The lowest BCUT2D eigenvalue weighted by molar-refractivity contribution is 0.632. The van der Waals surface area contributed by atoms with Gasteiger partial charge in [-0.2, -0.15) is 0 Å². The molecule has 0 spiro atoms. The van der Waals surface area contributed by atoms with Gasteiger partial charge in [0, 0.05) is 5.39 Å². The maximum absolute atomic E-state index is 5.96. The Kier molecular flexibility index (Phi) is 2.35. The van der Waals surface area contributed by atoms with Crippen molar-refractivity contribution < 1.29 is 0 Å². The Morgan fingerprint density at radius 1 is 1.12 bits per heavy atom. The highest BCUT2D eigenvalue weighted by Crippen LogP contribution is 2.26. The first-order valence-electron chi connectivity index (χ1n) is 5.35. The third-order valence-corrected chi connectivity index (χ3v) is 3.01. The predicted octanol–water partition coefficient (Wildman–Crippen LogP) is 1.28. The monoisotopic (exact) mass is 244 g/mol. The normalized spacial score (nSPS) is 19.2. The lowest BCUT2D eigenvalue weighted by Crippen LogP contribution is -2.46. The smallest absolute Gasteiger partial charge is 0.188 e. The van der Waals surface area contributed by atoms with Crippen molar-refractivity contribution in [1.82, 2.24) is 10.7 Å². The summed E-state index contributed by atoms with van der Waals surface area (Å²) in [7, 11) is 0. The van der Waals surface area contributed by atoms with Gasteiger partial charge in [-0.3, -0.25) is 11.2 Å². The molecule has 0 amide bonds. The molecule has 5 heteroatoms. The molecule has 0 aliphatic carbocycles. The van der Waals surface area contributed by atoms with E-state index in [1.807, 2.05) is 29.3 Å². The Balaban J connectivity index is 2.14. The van der Waals surface area contributed by atoms with Crippen LogP contribution in [-0.4, -0.2) is 11.4 Å². The second kappa shape index (κ2) is 3.87. The molecule has 0 aromatic heterocycles. The summed E-state index contributed by atoms with van der Waals surface area (Å²) in [6.07, 6.45) is -0.340. The molecule has 0 bridgehead atoms. The molecule has 1 aliphatic rings. The van der Waals surface area contributed by atoms with Gasteiger partial charge in [0.25, 0.3) is 0 Å². The number of fused-ring (bicyclic) bond motifs is 1. The number of rotatable bonds is 1. The lowest BCUT2D eigenvalue weighted by atomic mass is 10.1. The molecule has 1 unspecified atom stereocenters. The van der Waals surface area contributed by atoms with Crippen LogP contribution in [0, 0.1) is 0 Å². The summed E-state index contributed by atoms with van der Waals surface area (Å²) >= 11 is 5.05. The zero-order valence-corrected chi connectivity index (χ0v) is 9.87. The van der Waals surface area contributed by atoms with E-state index in [-0.39, 0.29) is 6.29 Å². The van der Waals surface area contributed by atoms with Crippen molar-refractivity contribution in [3.8, 4) is 0 Å². The van der Waals surface area contributed by atoms with E-state index in [1.54, 1.807) is 0 Å². The topological polar surface area (TPSA) is 53.3 Å². The van der Waals surface area contributed by atoms with Crippen LogP contribution < -0.4 is 21.5 Å². The zero-order chi connectivity index (χ0) is 11.8. The standard InChI is InChI=1S/C12H12N4S/c13-11-14-12(17)15-16(11)10-7-3-5-8-4-1-2-6-9(8)10/h1-7,11H,13H2,(H2,14,15,17). The lowest BCUT2D eigenvalue weighted by Gasteiger charge is -2.23. The number of nitrogens with one attached hydrogen (secondary N) is 2. The maximum atomic E-state index is 5.96. The second-order valence-corrected chi connectivity index (χ2v) is 4.31. The summed E-state index contributed by atoms with van der Waals surface area (Å²) in [4.78, 5) is 0. The van der Waals surface area contributed by atoms with Gasteiger partial charge in [0.1, 0.15) is 0 Å². The van der Waals surface area contributed by atoms with Gasteiger partial charge in [-0.15, -0.1) is 0 Å². The first-order chi connectivity index (χ1) is 8.25. The van der Waals surface area contributed by atoms with Gasteiger partial charge < -0.3 is 5.32 Å². The van der Waals surface area contributed by atoms with E-state index < -0.39 is 0 Å².